The first-order valence-electron chi connectivity index (χ1n) is 14.6. The maximum absolute atomic E-state index is 12.4. The Bertz CT molecular complexity index is 1370. The number of fused-ring (bicyclic) bond motifs is 1. The molecule has 2 N–H and O–H groups in total. The number of carbonyl (C=O) groups excluding carboxylic acids is 1. The summed E-state index contributed by atoms with van der Waals surface area (Å²) in [6.45, 7) is 5.70. The van der Waals surface area contributed by atoms with Gasteiger partial charge in [0, 0.05) is 42.5 Å². The van der Waals surface area contributed by atoms with Crippen LogP contribution >= 0.6 is 0 Å². The number of nitrogens with zero attached hydrogens (tertiary/aromatic N) is 4. The summed E-state index contributed by atoms with van der Waals surface area (Å²) in [6.07, 6.45) is 6.52. The van der Waals surface area contributed by atoms with Crippen molar-refractivity contribution < 1.29 is 19.4 Å². The van der Waals surface area contributed by atoms with Crippen LogP contribution in [-0.2, 0) is 33.8 Å². The first-order chi connectivity index (χ1) is 19.9. The molecule has 5 rings (SSSR count). The Morgan fingerprint density at radius 3 is 2.54 bits per heavy atom. The molecule has 1 fully saturated rings. The molecule has 1 aliphatic heterocycles. The van der Waals surface area contributed by atoms with Gasteiger partial charge in [0.25, 0.3) is 0 Å². The van der Waals surface area contributed by atoms with Gasteiger partial charge in [-0.25, -0.2) is 9.97 Å². The summed E-state index contributed by atoms with van der Waals surface area (Å²) in [7, 11) is 0. The Kier molecular flexibility index (Phi) is 9.11. The van der Waals surface area contributed by atoms with E-state index in [2.05, 4.69) is 27.3 Å². The maximum Gasteiger partial charge on any atom is 0.308 e. The molecule has 41 heavy (non-hydrogen) atoms. The van der Waals surface area contributed by atoms with Gasteiger partial charge in [0.1, 0.15) is 24.1 Å². The summed E-state index contributed by atoms with van der Waals surface area (Å²) in [5.41, 5.74) is 5.65. The fourth-order valence-corrected chi connectivity index (χ4v) is 5.77. The Hall–Kier alpha value is -4.01. The number of carbonyl (C=O) groups is 2. The highest BCUT2D eigenvalue weighted by Crippen LogP contribution is 2.33. The van der Waals surface area contributed by atoms with E-state index in [-0.39, 0.29) is 19.6 Å². The third-order valence-electron chi connectivity index (χ3n) is 8.17. The number of piperidine rings is 1. The predicted octanol–water partition coefficient (Wildman–Crippen LogP) is 5.00. The van der Waals surface area contributed by atoms with Crippen molar-refractivity contribution in [2.24, 2.45) is 5.92 Å². The van der Waals surface area contributed by atoms with Crippen LogP contribution in [0.2, 0.25) is 0 Å². The lowest BCUT2D eigenvalue weighted by atomic mass is 9.90. The largest absolute Gasteiger partial charge is 0.481 e. The van der Waals surface area contributed by atoms with Gasteiger partial charge in [-0.3, -0.25) is 14.6 Å². The van der Waals surface area contributed by atoms with Gasteiger partial charge in [0.15, 0.2) is 0 Å². The van der Waals surface area contributed by atoms with Gasteiger partial charge in [-0.2, -0.15) is 0 Å². The number of aromatic nitrogens is 3. The molecule has 0 amide bonds. The second kappa shape index (κ2) is 13.1. The van der Waals surface area contributed by atoms with Crippen LogP contribution in [0.3, 0.4) is 0 Å². The van der Waals surface area contributed by atoms with Crippen LogP contribution in [0.25, 0.3) is 0 Å². The van der Waals surface area contributed by atoms with Crippen LogP contribution in [0.1, 0.15) is 71.9 Å². The van der Waals surface area contributed by atoms with E-state index < -0.39 is 17.9 Å². The number of hydrogen-bond donors (Lipinski definition) is 2. The van der Waals surface area contributed by atoms with E-state index in [0.717, 1.165) is 55.7 Å². The molecule has 0 bridgehead atoms. The number of esters is 1. The molecule has 3 aromatic rings. The summed E-state index contributed by atoms with van der Waals surface area (Å²) >= 11 is 0. The first kappa shape index (κ1) is 28.5. The Balaban J connectivity index is 1.19. The van der Waals surface area contributed by atoms with Gasteiger partial charge in [0.2, 0.25) is 0 Å². The molecule has 1 aromatic carbocycles. The normalized spacial score (nSPS) is 16.1. The van der Waals surface area contributed by atoms with Crippen molar-refractivity contribution in [3.63, 3.8) is 0 Å². The number of pyridine rings is 1. The molecule has 2 aromatic heterocycles. The van der Waals surface area contributed by atoms with Crippen molar-refractivity contribution in [3.8, 4) is 0 Å². The summed E-state index contributed by atoms with van der Waals surface area (Å²) in [5, 5.41) is 12.9. The van der Waals surface area contributed by atoms with E-state index in [1.165, 1.54) is 29.8 Å². The Morgan fingerprint density at radius 1 is 1.02 bits per heavy atom. The predicted molar refractivity (Wildman–Crippen MR) is 157 cm³/mol. The lowest BCUT2D eigenvalue weighted by Gasteiger charge is -2.34. The minimum absolute atomic E-state index is 0.0541. The van der Waals surface area contributed by atoms with Gasteiger partial charge in [-0.15, -0.1) is 0 Å². The van der Waals surface area contributed by atoms with E-state index in [9.17, 15) is 14.7 Å². The van der Waals surface area contributed by atoms with Crippen LogP contribution < -0.4 is 10.2 Å². The van der Waals surface area contributed by atoms with Crippen molar-refractivity contribution in [2.75, 3.05) is 29.9 Å². The zero-order valence-corrected chi connectivity index (χ0v) is 23.9. The lowest BCUT2D eigenvalue weighted by molar-refractivity contribution is -0.152. The number of aliphatic carboxylic acids is 1. The van der Waals surface area contributed by atoms with Gasteiger partial charge in [-0.05, 0) is 69.6 Å². The Morgan fingerprint density at radius 2 is 1.78 bits per heavy atom. The molecule has 9 heteroatoms. The monoisotopic (exact) mass is 557 g/mol. The fraction of sp³-hybridized carbons (Fsp3) is 0.469. The molecule has 1 atom stereocenters. The van der Waals surface area contributed by atoms with E-state index in [1.807, 2.05) is 44.2 Å². The second-order valence-electron chi connectivity index (χ2n) is 11.1. The maximum atomic E-state index is 12.4. The average Bonchev–Trinajstić information content (AvgIpc) is 2.99. The summed E-state index contributed by atoms with van der Waals surface area (Å²) in [5.74, 6) is -0.0403. The molecule has 1 aliphatic carbocycles. The highest BCUT2D eigenvalue weighted by molar-refractivity contribution is 5.79. The molecule has 0 radical (unpaired) electrons. The summed E-state index contributed by atoms with van der Waals surface area (Å²) < 4.78 is 5.30. The minimum atomic E-state index is -1.06. The molecule has 0 saturated carbocycles. The molecule has 1 saturated heterocycles. The molecule has 3 heterocycles. The zero-order chi connectivity index (χ0) is 28.8. The van der Waals surface area contributed by atoms with Crippen LogP contribution in [0.15, 0.2) is 42.5 Å². The molecule has 0 unspecified atom stereocenters. The smallest absolute Gasteiger partial charge is 0.308 e. The summed E-state index contributed by atoms with van der Waals surface area (Å²) in [4.78, 5) is 40.9. The molecule has 9 nitrogen and oxygen atoms in total. The van der Waals surface area contributed by atoms with Gasteiger partial charge in [0.05, 0.1) is 12.3 Å². The highest BCUT2D eigenvalue weighted by Gasteiger charge is 2.27. The number of benzene rings is 1. The summed E-state index contributed by atoms with van der Waals surface area (Å²) in [6, 6.07) is 13.8. The second-order valence-corrected chi connectivity index (χ2v) is 11.1. The fourth-order valence-electron chi connectivity index (χ4n) is 5.77. The van der Waals surface area contributed by atoms with Crippen LogP contribution in [-0.4, -0.2) is 51.6 Å². The van der Waals surface area contributed by atoms with Gasteiger partial charge in [-0.1, -0.05) is 36.4 Å². The van der Waals surface area contributed by atoms with Gasteiger partial charge >= 0.3 is 11.9 Å². The standard InChI is InChI=1S/C32H39N5O4/c1-21-30(33-19-26(32(39)40)18-29(38)41-20-23-8-4-3-5-9-23)34-22(2)35-31(21)37-16-14-25(15-17-37)28-13-12-24-10-6-7-11-27(24)36-28/h3-5,8-9,12-13,25-26H,6-7,10-11,14-20H2,1-2H3,(H,39,40)(H,33,34,35)/t26-/m0/s1. The van der Waals surface area contributed by atoms with Crippen LogP contribution in [0.4, 0.5) is 11.6 Å². The van der Waals surface area contributed by atoms with Crippen molar-refractivity contribution in [1.82, 2.24) is 15.0 Å². The molecular formula is C32H39N5O4. The minimum Gasteiger partial charge on any atom is -0.481 e. The highest BCUT2D eigenvalue weighted by atomic mass is 16.5. The number of carboxylic acids is 1. The van der Waals surface area contributed by atoms with E-state index in [4.69, 9.17) is 14.7 Å². The number of aryl methyl sites for hydroxylation is 3. The molecule has 216 valence electrons. The quantitative estimate of drug-likeness (QED) is 0.332. The van der Waals surface area contributed by atoms with Crippen molar-refractivity contribution in [1.29, 1.82) is 0 Å². The number of rotatable bonds is 10. The topological polar surface area (TPSA) is 118 Å². The van der Waals surface area contributed by atoms with E-state index in [0.29, 0.717) is 17.6 Å². The average molecular weight is 558 g/mol. The van der Waals surface area contributed by atoms with Crippen molar-refractivity contribution in [3.05, 3.63) is 76.4 Å². The number of hydrogen-bond acceptors (Lipinski definition) is 8. The lowest BCUT2D eigenvalue weighted by Crippen LogP contribution is -2.35. The molecule has 2 aliphatic rings. The molecule has 0 spiro atoms. The van der Waals surface area contributed by atoms with E-state index in [1.54, 1.807) is 0 Å². The Labute approximate surface area is 241 Å². The van der Waals surface area contributed by atoms with E-state index >= 15 is 0 Å². The number of ether oxygens (including phenoxy) is 1. The number of anilines is 2. The third-order valence-corrected chi connectivity index (χ3v) is 8.17. The van der Waals surface area contributed by atoms with Crippen molar-refractivity contribution >= 4 is 23.6 Å². The third kappa shape index (κ3) is 7.20. The zero-order valence-electron chi connectivity index (χ0n) is 23.9. The SMILES string of the molecule is Cc1nc(NC[C@H](CC(=O)OCc2ccccc2)C(=O)O)c(C)c(N2CCC(c3ccc4c(n3)CCCC4)CC2)n1. The molecular weight excluding hydrogens is 518 g/mol. The number of nitrogens with one attached hydrogen (secondary N) is 1. The van der Waals surface area contributed by atoms with Gasteiger partial charge < -0.3 is 20.1 Å². The first-order valence-corrected chi connectivity index (χ1v) is 14.6. The number of carboxylic acid groups (broad SMARTS) is 1. The van der Waals surface area contributed by atoms with Crippen molar-refractivity contribution in [2.45, 2.75) is 71.3 Å². The van der Waals surface area contributed by atoms with Crippen LogP contribution in [0.5, 0.6) is 0 Å². The van der Waals surface area contributed by atoms with Crippen LogP contribution in [0, 0.1) is 19.8 Å².